The molecule has 0 N–H and O–H groups in total. The van der Waals surface area contributed by atoms with Gasteiger partial charge in [-0.1, -0.05) is 30.3 Å². The van der Waals surface area contributed by atoms with E-state index in [9.17, 15) is 4.79 Å². The highest BCUT2D eigenvalue weighted by molar-refractivity contribution is 6.07. The van der Waals surface area contributed by atoms with E-state index in [2.05, 4.69) is 4.99 Å². The molecule has 0 fully saturated rings. The van der Waals surface area contributed by atoms with Crippen LogP contribution in [0.2, 0.25) is 0 Å². The van der Waals surface area contributed by atoms with E-state index in [-0.39, 0.29) is 6.09 Å². The van der Waals surface area contributed by atoms with Gasteiger partial charge in [0, 0.05) is 5.56 Å². The van der Waals surface area contributed by atoms with Crippen molar-refractivity contribution in [1.29, 1.82) is 0 Å². The summed E-state index contributed by atoms with van der Waals surface area (Å²) in [6.07, 6.45) is -0.363. The average molecular weight is 352 g/mol. The second-order valence-corrected chi connectivity index (χ2v) is 7.14. The highest BCUT2D eigenvalue weighted by Crippen LogP contribution is 2.19. The zero-order valence-electron chi connectivity index (χ0n) is 15.4. The van der Waals surface area contributed by atoms with Crippen LogP contribution in [0.1, 0.15) is 31.9 Å². The molecule has 26 heavy (non-hydrogen) atoms. The van der Waals surface area contributed by atoms with Gasteiger partial charge in [0.2, 0.25) is 0 Å². The lowest BCUT2D eigenvalue weighted by molar-refractivity contribution is 0.0385. The fraction of sp³-hybridized carbons (Fsp3) is 0.333. The maximum atomic E-state index is 12.4. The van der Waals surface area contributed by atoms with Crippen molar-refractivity contribution < 1.29 is 14.3 Å². The van der Waals surface area contributed by atoms with Crippen molar-refractivity contribution in [2.75, 3.05) is 13.1 Å². The second kappa shape index (κ2) is 7.60. The van der Waals surface area contributed by atoms with Crippen LogP contribution in [0.5, 0.6) is 5.75 Å². The molecule has 0 saturated carbocycles. The van der Waals surface area contributed by atoms with E-state index < -0.39 is 5.60 Å². The number of hydrogen-bond acceptors (Lipinski definition) is 4. The highest BCUT2D eigenvalue weighted by atomic mass is 16.6. The molecule has 5 nitrogen and oxygen atoms in total. The number of rotatable bonds is 4. The Morgan fingerprint density at radius 1 is 1.08 bits per heavy atom. The first kappa shape index (κ1) is 18.0. The van der Waals surface area contributed by atoms with E-state index in [1.807, 2.05) is 75.4 Å². The van der Waals surface area contributed by atoms with E-state index in [0.717, 1.165) is 16.9 Å². The van der Waals surface area contributed by atoms with Gasteiger partial charge in [0.1, 0.15) is 23.8 Å². The van der Waals surface area contributed by atoms with E-state index >= 15 is 0 Å². The molecule has 1 heterocycles. The minimum atomic E-state index is -0.528. The SMILES string of the molecule is CC(C)(C)OC(=O)N1CCN=C1c1ccc(OCc2ccccc2)cc1. The molecule has 0 unspecified atom stereocenters. The molecular formula is C21H24N2O3. The third-order valence-electron chi connectivity index (χ3n) is 3.82. The van der Waals surface area contributed by atoms with E-state index in [1.165, 1.54) is 0 Å². The van der Waals surface area contributed by atoms with Gasteiger partial charge in [-0.3, -0.25) is 9.89 Å². The summed E-state index contributed by atoms with van der Waals surface area (Å²) in [6.45, 7) is 7.21. The van der Waals surface area contributed by atoms with Crippen LogP contribution in [0.3, 0.4) is 0 Å². The maximum absolute atomic E-state index is 12.4. The van der Waals surface area contributed by atoms with Crippen molar-refractivity contribution in [3.8, 4) is 5.75 Å². The van der Waals surface area contributed by atoms with Gasteiger partial charge in [0.25, 0.3) is 0 Å². The van der Waals surface area contributed by atoms with Gasteiger partial charge in [0.05, 0.1) is 13.1 Å². The summed E-state index contributed by atoms with van der Waals surface area (Å²) in [4.78, 5) is 18.4. The number of carbonyl (C=O) groups excluding carboxylic acids is 1. The Hall–Kier alpha value is -2.82. The normalized spacial score (nSPS) is 14.1. The molecular weight excluding hydrogens is 328 g/mol. The largest absolute Gasteiger partial charge is 0.489 e. The van der Waals surface area contributed by atoms with Crippen molar-refractivity contribution >= 4 is 11.9 Å². The number of amidine groups is 1. The molecule has 1 aliphatic heterocycles. The van der Waals surface area contributed by atoms with Crippen LogP contribution in [0.25, 0.3) is 0 Å². The second-order valence-electron chi connectivity index (χ2n) is 7.14. The van der Waals surface area contributed by atoms with Crippen LogP contribution in [-0.2, 0) is 11.3 Å². The molecule has 0 aromatic heterocycles. The third kappa shape index (κ3) is 4.63. The minimum absolute atomic E-state index is 0.363. The molecule has 1 aliphatic rings. The van der Waals surface area contributed by atoms with Gasteiger partial charge in [-0.25, -0.2) is 4.79 Å². The molecule has 0 aliphatic carbocycles. The van der Waals surface area contributed by atoms with Crippen molar-refractivity contribution in [2.24, 2.45) is 4.99 Å². The predicted molar refractivity (Wildman–Crippen MR) is 102 cm³/mol. The quantitative estimate of drug-likeness (QED) is 0.826. The van der Waals surface area contributed by atoms with Crippen LogP contribution in [0, 0.1) is 0 Å². The number of carbonyl (C=O) groups is 1. The van der Waals surface area contributed by atoms with Gasteiger partial charge in [-0.05, 0) is 50.6 Å². The smallest absolute Gasteiger partial charge is 0.416 e. The van der Waals surface area contributed by atoms with Gasteiger partial charge < -0.3 is 9.47 Å². The van der Waals surface area contributed by atoms with Crippen LogP contribution in [-0.4, -0.2) is 35.5 Å². The third-order valence-corrected chi connectivity index (χ3v) is 3.82. The molecule has 3 rings (SSSR count). The summed E-state index contributed by atoms with van der Waals surface area (Å²) in [5.41, 5.74) is 1.47. The Morgan fingerprint density at radius 2 is 1.77 bits per heavy atom. The molecule has 0 radical (unpaired) electrons. The standard InChI is InChI=1S/C21H24N2O3/c1-21(2,3)26-20(24)23-14-13-22-19(23)17-9-11-18(12-10-17)25-15-16-7-5-4-6-8-16/h4-12H,13-15H2,1-3H3. The number of hydrogen-bond donors (Lipinski definition) is 0. The van der Waals surface area contributed by atoms with Crippen molar-refractivity contribution in [3.63, 3.8) is 0 Å². The Morgan fingerprint density at radius 3 is 2.42 bits per heavy atom. The molecule has 0 atom stereocenters. The van der Waals surface area contributed by atoms with E-state index in [4.69, 9.17) is 9.47 Å². The Kier molecular flexibility index (Phi) is 5.26. The van der Waals surface area contributed by atoms with E-state index in [1.54, 1.807) is 4.90 Å². The number of amides is 1. The summed E-state index contributed by atoms with van der Waals surface area (Å²) in [7, 11) is 0. The first-order chi connectivity index (χ1) is 12.4. The number of ether oxygens (including phenoxy) is 2. The molecule has 0 spiro atoms. The van der Waals surface area contributed by atoms with Gasteiger partial charge in [0.15, 0.2) is 0 Å². The lowest BCUT2D eigenvalue weighted by atomic mass is 10.2. The van der Waals surface area contributed by atoms with Crippen molar-refractivity contribution in [1.82, 2.24) is 4.90 Å². The van der Waals surface area contributed by atoms with Crippen LogP contribution in [0.4, 0.5) is 4.79 Å². The molecule has 2 aromatic carbocycles. The summed E-state index contributed by atoms with van der Waals surface area (Å²) in [5, 5.41) is 0. The monoisotopic (exact) mass is 352 g/mol. The summed E-state index contributed by atoms with van der Waals surface area (Å²) < 4.78 is 11.3. The fourth-order valence-electron chi connectivity index (χ4n) is 2.63. The zero-order valence-corrected chi connectivity index (χ0v) is 15.4. The lowest BCUT2D eigenvalue weighted by Crippen LogP contribution is -2.39. The zero-order chi connectivity index (χ0) is 18.6. The molecule has 0 saturated heterocycles. The maximum Gasteiger partial charge on any atom is 0.416 e. The van der Waals surface area contributed by atoms with Crippen LogP contribution < -0.4 is 4.74 Å². The number of benzene rings is 2. The van der Waals surface area contributed by atoms with Gasteiger partial charge in [-0.15, -0.1) is 0 Å². The minimum Gasteiger partial charge on any atom is -0.489 e. The van der Waals surface area contributed by atoms with Crippen LogP contribution in [0.15, 0.2) is 59.6 Å². The summed E-state index contributed by atoms with van der Waals surface area (Å²) in [6, 6.07) is 17.6. The average Bonchev–Trinajstić information content (AvgIpc) is 3.10. The number of aliphatic imine (C=N–C) groups is 1. The summed E-state index contributed by atoms with van der Waals surface area (Å²) in [5.74, 6) is 1.42. The van der Waals surface area contributed by atoms with Crippen molar-refractivity contribution in [2.45, 2.75) is 33.0 Å². The summed E-state index contributed by atoms with van der Waals surface area (Å²) >= 11 is 0. The van der Waals surface area contributed by atoms with Crippen molar-refractivity contribution in [3.05, 3.63) is 65.7 Å². The fourth-order valence-corrected chi connectivity index (χ4v) is 2.63. The Balaban J connectivity index is 1.65. The van der Waals surface area contributed by atoms with Crippen LogP contribution >= 0.6 is 0 Å². The highest BCUT2D eigenvalue weighted by Gasteiger charge is 2.29. The Labute approximate surface area is 154 Å². The van der Waals surface area contributed by atoms with E-state index in [0.29, 0.717) is 25.5 Å². The van der Waals surface area contributed by atoms with Gasteiger partial charge in [-0.2, -0.15) is 0 Å². The first-order valence-electron chi connectivity index (χ1n) is 8.74. The van der Waals surface area contributed by atoms with Gasteiger partial charge >= 0.3 is 6.09 Å². The predicted octanol–water partition coefficient (Wildman–Crippen LogP) is 4.26. The lowest BCUT2D eigenvalue weighted by Gasteiger charge is -2.25. The number of nitrogens with zero attached hydrogens (tertiary/aromatic N) is 2. The molecule has 136 valence electrons. The first-order valence-corrected chi connectivity index (χ1v) is 8.74. The topological polar surface area (TPSA) is 51.1 Å². The molecule has 0 bridgehead atoms. The Bertz CT molecular complexity index is 777. The molecule has 5 heteroatoms. The molecule has 1 amide bonds. The molecule has 2 aromatic rings.